The first kappa shape index (κ1) is 12.1. The van der Waals surface area contributed by atoms with Crippen LogP contribution in [0.1, 0.15) is 13.3 Å². The zero-order valence-corrected chi connectivity index (χ0v) is 7.87. The lowest BCUT2D eigenvalue weighted by Gasteiger charge is -2.25. The molecule has 0 rings (SSSR count). The predicted molar refractivity (Wildman–Crippen MR) is 46.2 cm³/mol. The molecule has 5 nitrogen and oxygen atoms in total. The van der Waals surface area contributed by atoms with Crippen molar-refractivity contribution in [3.05, 3.63) is 0 Å². The standard InChI is InChI=1S/C8H15NO4/c1-3-8(5-10,6-11)9-7(12)4-13-2/h5,11H,3-4,6H2,1-2H3,(H,9,12). The van der Waals surface area contributed by atoms with Gasteiger partial charge in [-0.1, -0.05) is 6.92 Å². The molecule has 0 spiro atoms. The van der Waals surface area contributed by atoms with Crippen LogP contribution < -0.4 is 5.32 Å². The zero-order chi connectivity index (χ0) is 10.3. The average Bonchev–Trinajstić information content (AvgIpc) is 2.15. The van der Waals surface area contributed by atoms with Crippen LogP contribution in [0.5, 0.6) is 0 Å². The number of hydrogen-bond acceptors (Lipinski definition) is 4. The maximum atomic E-state index is 11.0. The molecule has 0 aromatic rings. The van der Waals surface area contributed by atoms with Crippen LogP contribution in [0.3, 0.4) is 0 Å². The summed E-state index contributed by atoms with van der Waals surface area (Å²) in [5.41, 5.74) is -1.16. The quantitative estimate of drug-likeness (QED) is 0.530. The largest absolute Gasteiger partial charge is 0.393 e. The normalized spacial score (nSPS) is 14.7. The number of carbonyl (C=O) groups is 2. The second-order valence-electron chi connectivity index (χ2n) is 2.77. The Kier molecular flexibility index (Phi) is 5.25. The monoisotopic (exact) mass is 189 g/mol. The van der Waals surface area contributed by atoms with Crippen LogP contribution in [-0.4, -0.2) is 43.2 Å². The maximum Gasteiger partial charge on any atom is 0.246 e. The Morgan fingerprint density at radius 1 is 1.69 bits per heavy atom. The molecule has 0 bridgehead atoms. The fourth-order valence-corrected chi connectivity index (χ4v) is 0.835. The molecule has 0 radical (unpaired) electrons. The SMILES string of the molecule is CCC(C=O)(CO)NC(=O)COC. The first-order valence-corrected chi connectivity index (χ1v) is 4.01. The van der Waals surface area contributed by atoms with Crippen LogP contribution in [0.25, 0.3) is 0 Å². The molecule has 1 amide bonds. The van der Waals surface area contributed by atoms with Crippen LogP contribution in [0.4, 0.5) is 0 Å². The molecule has 0 aliphatic heterocycles. The predicted octanol–water partition coefficient (Wildman–Crippen LogP) is -0.911. The van der Waals surface area contributed by atoms with E-state index in [2.05, 4.69) is 10.1 Å². The second-order valence-corrected chi connectivity index (χ2v) is 2.77. The number of methoxy groups -OCH3 is 1. The van der Waals surface area contributed by atoms with Gasteiger partial charge in [-0.3, -0.25) is 4.79 Å². The zero-order valence-electron chi connectivity index (χ0n) is 7.87. The van der Waals surface area contributed by atoms with Gasteiger partial charge >= 0.3 is 0 Å². The van der Waals surface area contributed by atoms with E-state index in [1.165, 1.54) is 7.11 Å². The molecule has 0 aromatic heterocycles. The number of aliphatic hydroxyl groups is 1. The van der Waals surface area contributed by atoms with Crippen LogP contribution >= 0.6 is 0 Å². The van der Waals surface area contributed by atoms with Gasteiger partial charge in [-0.25, -0.2) is 0 Å². The van der Waals surface area contributed by atoms with Crippen LogP contribution in [0.2, 0.25) is 0 Å². The molecule has 1 unspecified atom stereocenters. The van der Waals surface area contributed by atoms with Crippen LogP contribution in [-0.2, 0) is 14.3 Å². The molecule has 76 valence electrons. The van der Waals surface area contributed by atoms with Crippen molar-refractivity contribution < 1.29 is 19.4 Å². The summed E-state index contributed by atoms with van der Waals surface area (Å²) in [6.07, 6.45) is 0.892. The van der Waals surface area contributed by atoms with E-state index in [4.69, 9.17) is 5.11 Å². The molecule has 0 heterocycles. The highest BCUT2D eigenvalue weighted by Gasteiger charge is 2.28. The van der Waals surface area contributed by atoms with E-state index < -0.39 is 18.1 Å². The third-order valence-corrected chi connectivity index (χ3v) is 1.80. The van der Waals surface area contributed by atoms with Crippen LogP contribution in [0, 0.1) is 0 Å². The third kappa shape index (κ3) is 3.52. The summed E-state index contributed by atoms with van der Waals surface area (Å²) in [7, 11) is 1.38. The molecule has 2 N–H and O–H groups in total. The minimum absolute atomic E-state index is 0.115. The Morgan fingerprint density at radius 2 is 2.31 bits per heavy atom. The number of ether oxygens (including phenoxy) is 1. The summed E-state index contributed by atoms with van der Waals surface area (Å²) < 4.78 is 4.57. The second kappa shape index (κ2) is 5.66. The fraction of sp³-hybridized carbons (Fsp3) is 0.750. The Bertz CT molecular complexity index is 177. The molecule has 13 heavy (non-hydrogen) atoms. The molecular formula is C8H15NO4. The molecule has 1 atom stereocenters. The third-order valence-electron chi connectivity index (χ3n) is 1.80. The van der Waals surface area contributed by atoms with Gasteiger partial charge in [0.05, 0.1) is 6.61 Å². The van der Waals surface area contributed by atoms with Gasteiger partial charge in [0.25, 0.3) is 0 Å². The summed E-state index contributed by atoms with van der Waals surface area (Å²) in [6.45, 7) is 1.19. The minimum atomic E-state index is -1.16. The van der Waals surface area contributed by atoms with E-state index in [1.54, 1.807) is 6.92 Å². The van der Waals surface area contributed by atoms with E-state index in [-0.39, 0.29) is 6.61 Å². The maximum absolute atomic E-state index is 11.0. The average molecular weight is 189 g/mol. The molecule has 0 saturated heterocycles. The molecule has 0 aliphatic carbocycles. The van der Waals surface area contributed by atoms with Gasteiger partial charge in [0.1, 0.15) is 18.4 Å². The summed E-state index contributed by atoms with van der Waals surface area (Å²) in [6, 6.07) is 0. The highest BCUT2D eigenvalue weighted by Crippen LogP contribution is 2.04. The number of carbonyl (C=O) groups excluding carboxylic acids is 2. The van der Waals surface area contributed by atoms with Crippen molar-refractivity contribution in [2.75, 3.05) is 20.3 Å². The summed E-state index contributed by atoms with van der Waals surface area (Å²) >= 11 is 0. The van der Waals surface area contributed by atoms with Gasteiger partial charge in [-0.2, -0.15) is 0 Å². The minimum Gasteiger partial charge on any atom is -0.393 e. The number of aldehydes is 1. The van der Waals surface area contributed by atoms with Gasteiger partial charge in [0.15, 0.2) is 0 Å². The van der Waals surface area contributed by atoms with Gasteiger partial charge in [-0.15, -0.1) is 0 Å². The van der Waals surface area contributed by atoms with Gasteiger partial charge in [-0.05, 0) is 6.42 Å². The summed E-state index contributed by atoms with van der Waals surface area (Å²) in [5.74, 6) is -0.412. The van der Waals surface area contributed by atoms with Crippen molar-refractivity contribution >= 4 is 12.2 Å². The van der Waals surface area contributed by atoms with Gasteiger partial charge in [0.2, 0.25) is 5.91 Å². The lowest BCUT2D eigenvalue weighted by atomic mass is 9.99. The van der Waals surface area contributed by atoms with Crippen molar-refractivity contribution in [1.82, 2.24) is 5.32 Å². The number of hydrogen-bond donors (Lipinski definition) is 2. The molecule has 0 aliphatic rings. The Labute approximate surface area is 77.1 Å². The van der Waals surface area contributed by atoms with Crippen molar-refractivity contribution in [2.24, 2.45) is 0 Å². The summed E-state index contributed by atoms with van der Waals surface area (Å²) in [5, 5.41) is 11.3. The number of nitrogens with one attached hydrogen (secondary N) is 1. The van der Waals surface area contributed by atoms with E-state index in [1.807, 2.05) is 0 Å². The summed E-state index contributed by atoms with van der Waals surface area (Å²) in [4.78, 5) is 21.6. The van der Waals surface area contributed by atoms with Crippen molar-refractivity contribution in [1.29, 1.82) is 0 Å². The van der Waals surface area contributed by atoms with Crippen molar-refractivity contribution in [3.8, 4) is 0 Å². The lowest BCUT2D eigenvalue weighted by molar-refractivity contribution is -0.130. The Balaban J connectivity index is 4.24. The van der Waals surface area contributed by atoms with Gasteiger partial charge < -0.3 is 20.0 Å². The van der Waals surface area contributed by atoms with Crippen molar-refractivity contribution in [2.45, 2.75) is 18.9 Å². The van der Waals surface area contributed by atoms with Gasteiger partial charge in [0, 0.05) is 7.11 Å². The molecule has 5 heteroatoms. The number of aliphatic hydroxyl groups excluding tert-OH is 1. The van der Waals surface area contributed by atoms with E-state index in [9.17, 15) is 9.59 Å². The first-order valence-electron chi connectivity index (χ1n) is 4.01. The topological polar surface area (TPSA) is 75.6 Å². The Morgan fingerprint density at radius 3 is 2.62 bits per heavy atom. The van der Waals surface area contributed by atoms with E-state index in [0.717, 1.165) is 0 Å². The number of rotatable bonds is 6. The first-order chi connectivity index (χ1) is 6.14. The molecule has 0 fully saturated rings. The highest BCUT2D eigenvalue weighted by molar-refractivity contribution is 5.82. The fourth-order valence-electron chi connectivity index (χ4n) is 0.835. The highest BCUT2D eigenvalue weighted by atomic mass is 16.5. The molecule has 0 saturated carbocycles. The number of amides is 1. The Hall–Kier alpha value is -0.940. The lowest BCUT2D eigenvalue weighted by Crippen LogP contribution is -2.53. The van der Waals surface area contributed by atoms with Crippen LogP contribution in [0.15, 0.2) is 0 Å². The molecular weight excluding hydrogens is 174 g/mol. The molecule has 0 aromatic carbocycles. The van der Waals surface area contributed by atoms with E-state index in [0.29, 0.717) is 12.7 Å². The van der Waals surface area contributed by atoms with Crippen molar-refractivity contribution in [3.63, 3.8) is 0 Å². The smallest absolute Gasteiger partial charge is 0.246 e. The van der Waals surface area contributed by atoms with E-state index >= 15 is 0 Å².